The van der Waals surface area contributed by atoms with E-state index in [0.717, 1.165) is 32.2 Å². The number of nitrogens with zero attached hydrogens (tertiary/aromatic N) is 3. The maximum atomic E-state index is 9.09. The normalized spacial score (nSPS) is 10.5. The number of nitriles is 1. The number of fused-ring (bicyclic) bond motifs is 1. The highest BCUT2D eigenvalue weighted by Gasteiger charge is 2.13. The third-order valence-electron chi connectivity index (χ3n) is 4.04. The van der Waals surface area contributed by atoms with E-state index in [4.69, 9.17) is 15.7 Å². The van der Waals surface area contributed by atoms with Crippen LogP contribution < -0.4 is 15.8 Å². The van der Waals surface area contributed by atoms with Crippen molar-refractivity contribution >= 4 is 38.1 Å². The van der Waals surface area contributed by atoms with Crippen molar-refractivity contribution in [1.82, 2.24) is 9.97 Å². The topological polar surface area (TPSA) is 96.9 Å². The monoisotopic (exact) mass is 373 g/mol. The van der Waals surface area contributed by atoms with Crippen molar-refractivity contribution in [3.05, 3.63) is 60.2 Å². The average Bonchev–Trinajstić information content (AvgIpc) is 3.11. The molecule has 4 aromatic rings. The molecule has 0 saturated carbocycles. The van der Waals surface area contributed by atoms with E-state index in [-0.39, 0.29) is 0 Å². The van der Waals surface area contributed by atoms with Gasteiger partial charge in [-0.25, -0.2) is 9.97 Å². The van der Waals surface area contributed by atoms with Crippen LogP contribution in [0.25, 0.3) is 21.6 Å². The van der Waals surface area contributed by atoms with Crippen LogP contribution in [0.1, 0.15) is 5.56 Å². The molecule has 0 unspecified atom stereocenters. The molecule has 3 N–H and O–H groups in total. The number of benzene rings is 2. The van der Waals surface area contributed by atoms with Crippen LogP contribution in [-0.4, -0.2) is 17.1 Å². The number of para-hydroxylation sites is 2. The number of aromatic nitrogens is 2. The van der Waals surface area contributed by atoms with Crippen LogP contribution in [-0.2, 0) is 0 Å². The Morgan fingerprint density at radius 1 is 1.11 bits per heavy atom. The predicted molar refractivity (Wildman–Crippen MR) is 108 cm³/mol. The lowest BCUT2D eigenvalue weighted by Crippen LogP contribution is -1.96. The number of nitrogens with one attached hydrogen (secondary N) is 1. The zero-order chi connectivity index (χ0) is 18.8. The van der Waals surface area contributed by atoms with E-state index in [1.165, 1.54) is 11.3 Å². The van der Waals surface area contributed by atoms with E-state index >= 15 is 0 Å². The lowest BCUT2D eigenvalue weighted by molar-refractivity contribution is 0.417. The van der Waals surface area contributed by atoms with Crippen molar-refractivity contribution in [1.29, 1.82) is 5.26 Å². The second kappa shape index (κ2) is 6.94. The van der Waals surface area contributed by atoms with Gasteiger partial charge in [0.15, 0.2) is 5.82 Å². The smallest absolute Gasteiger partial charge is 0.163 e. The van der Waals surface area contributed by atoms with E-state index in [2.05, 4.69) is 21.4 Å². The fourth-order valence-electron chi connectivity index (χ4n) is 2.74. The number of ether oxygens (including phenoxy) is 1. The van der Waals surface area contributed by atoms with Gasteiger partial charge in [0.25, 0.3) is 0 Å². The number of hydrogen-bond acceptors (Lipinski definition) is 7. The van der Waals surface area contributed by atoms with Gasteiger partial charge < -0.3 is 15.8 Å². The molecular formula is C20H15N5OS. The van der Waals surface area contributed by atoms with E-state index in [0.29, 0.717) is 17.2 Å². The summed E-state index contributed by atoms with van der Waals surface area (Å²) in [5.74, 6) is 1.66. The summed E-state index contributed by atoms with van der Waals surface area (Å²) < 4.78 is 5.38. The van der Waals surface area contributed by atoms with Gasteiger partial charge in [-0.15, -0.1) is 0 Å². The molecular weight excluding hydrogens is 358 g/mol. The molecule has 7 heteroatoms. The molecule has 0 radical (unpaired) electrons. The molecule has 0 aliphatic heterocycles. The van der Waals surface area contributed by atoms with Crippen molar-refractivity contribution < 1.29 is 4.74 Å². The molecule has 2 aromatic carbocycles. The SMILES string of the molecule is COc1ccccc1Nc1cc2c(N)nc(-c3cccc(C#N)c3)nc2s1. The first kappa shape index (κ1) is 16.8. The second-order valence-corrected chi connectivity index (χ2v) is 6.81. The Bertz CT molecular complexity index is 1180. The van der Waals surface area contributed by atoms with Crippen LogP contribution in [0.2, 0.25) is 0 Å². The van der Waals surface area contributed by atoms with Crippen molar-refractivity contribution in [2.75, 3.05) is 18.2 Å². The summed E-state index contributed by atoms with van der Waals surface area (Å²) in [5, 5.41) is 14.1. The van der Waals surface area contributed by atoms with Gasteiger partial charge in [0.2, 0.25) is 0 Å². The summed E-state index contributed by atoms with van der Waals surface area (Å²) in [6, 6.07) is 18.9. The minimum atomic E-state index is 0.404. The van der Waals surface area contributed by atoms with E-state index in [1.807, 2.05) is 36.4 Å². The minimum absolute atomic E-state index is 0.404. The zero-order valence-electron chi connectivity index (χ0n) is 14.4. The minimum Gasteiger partial charge on any atom is -0.495 e. The first-order chi connectivity index (χ1) is 13.2. The fourth-order valence-corrected chi connectivity index (χ4v) is 3.69. The number of nitrogen functional groups attached to an aromatic ring is 1. The third-order valence-corrected chi connectivity index (χ3v) is 4.98. The van der Waals surface area contributed by atoms with Gasteiger partial charge in [0.05, 0.1) is 34.8 Å². The number of anilines is 3. The Hall–Kier alpha value is -3.63. The Morgan fingerprint density at radius 3 is 2.78 bits per heavy atom. The molecule has 0 aliphatic rings. The molecule has 0 saturated heterocycles. The highest BCUT2D eigenvalue weighted by molar-refractivity contribution is 7.22. The van der Waals surface area contributed by atoms with Crippen molar-refractivity contribution in [3.8, 4) is 23.2 Å². The highest BCUT2D eigenvalue weighted by atomic mass is 32.1. The predicted octanol–water partition coefficient (Wildman–Crippen LogP) is 4.56. The van der Waals surface area contributed by atoms with E-state index in [1.54, 1.807) is 25.3 Å². The largest absolute Gasteiger partial charge is 0.495 e. The van der Waals surface area contributed by atoms with Crippen molar-refractivity contribution in [3.63, 3.8) is 0 Å². The molecule has 0 atom stereocenters. The number of nitrogens with two attached hydrogens (primary N) is 1. The van der Waals surface area contributed by atoms with Crippen LogP contribution in [0.3, 0.4) is 0 Å². The summed E-state index contributed by atoms with van der Waals surface area (Å²) in [7, 11) is 1.64. The van der Waals surface area contributed by atoms with Gasteiger partial charge >= 0.3 is 0 Å². The molecule has 0 aliphatic carbocycles. The molecule has 0 amide bonds. The maximum absolute atomic E-state index is 9.09. The molecule has 4 rings (SSSR count). The fraction of sp³-hybridized carbons (Fsp3) is 0.0500. The molecule has 0 fully saturated rings. The molecule has 132 valence electrons. The Kier molecular flexibility index (Phi) is 4.32. The average molecular weight is 373 g/mol. The summed E-state index contributed by atoms with van der Waals surface area (Å²) in [6.07, 6.45) is 0. The van der Waals surface area contributed by atoms with Gasteiger partial charge in [-0.2, -0.15) is 5.26 Å². The molecule has 0 spiro atoms. The second-order valence-electron chi connectivity index (χ2n) is 5.78. The van der Waals surface area contributed by atoms with Crippen LogP contribution in [0.5, 0.6) is 5.75 Å². The van der Waals surface area contributed by atoms with Crippen LogP contribution in [0.4, 0.5) is 16.5 Å². The maximum Gasteiger partial charge on any atom is 0.163 e. The van der Waals surface area contributed by atoms with E-state index < -0.39 is 0 Å². The van der Waals surface area contributed by atoms with Gasteiger partial charge in [0, 0.05) is 5.56 Å². The molecule has 2 heterocycles. The van der Waals surface area contributed by atoms with Crippen molar-refractivity contribution in [2.45, 2.75) is 0 Å². The molecule has 6 nitrogen and oxygen atoms in total. The first-order valence-electron chi connectivity index (χ1n) is 8.15. The molecule has 2 aromatic heterocycles. The van der Waals surface area contributed by atoms with Crippen LogP contribution in [0.15, 0.2) is 54.6 Å². The van der Waals surface area contributed by atoms with Crippen molar-refractivity contribution in [2.24, 2.45) is 0 Å². The lowest BCUT2D eigenvalue weighted by Gasteiger charge is -2.08. The van der Waals surface area contributed by atoms with Gasteiger partial charge in [0.1, 0.15) is 16.4 Å². The summed E-state index contributed by atoms with van der Waals surface area (Å²) in [6.45, 7) is 0. The zero-order valence-corrected chi connectivity index (χ0v) is 15.2. The summed E-state index contributed by atoms with van der Waals surface area (Å²) >= 11 is 1.48. The van der Waals surface area contributed by atoms with Gasteiger partial charge in [-0.3, -0.25) is 0 Å². The number of hydrogen-bond donors (Lipinski definition) is 2. The van der Waals surface area contributed by atoms with Crippen LogP contribution in [0, 0.1) is 11.3 Å². The third kappa shape index (κ3) is 3.26. The van der Waals surface area contributed by atoms with Gasteiger partial charge in [-0.05, 0) is 30.3 Å². The molecule has 0 bridgehead atoms. The number of methoxy groups -OCH3 is 1. The number of rotatable bonds is 4. The van der Waals surface area contributed by atoms with Gasteiger partial charge in [-0.1, -0.05) is 35.6 Å². The summed E-state index contributed by atoms with van der Waals surface area (Å²) in [4.78, 5) is 9.82. The standard InChI is InChI=1S/C20H15N5OS/c1-26-16-8-3-2-7-15(16)23-17-10-14-18(22)24-19(25-20(14)27-17)13-6-4-5-12(9-13)11-21/h2-10,23H,1H3,(H2,22,24,25). The lowest BCUT2D eigenvalue weighted by atomic mass is 10.1. The van der Waals surface area contributed by atoms with Crippen LogP contribution >= 0.6 is 11.3 Å². The quantitative estimate of drug-likeness (QED) is 0.544. The number of thiophene rings is 1. The van der Waals surface area contributed by atoms with E-state index in [9.17, 15) is 0 Å². The Labute approximate surface area is 159 Å². The summed E-state index contributed by atoms with van der Waals surface area (Å²) in [5.41, 5.74) is 8.34. The molecule has 27 heavy (non-hydrogen) atoms. The Balaban J connectivity index is 1.74. The Morgan fingerprint density at radius 2 is 1.96 bits per heavy atom. The highest BCUT2D eigenvalue weighted by Crippen LogP contribution is 2.36. The first-order valence-corrected chi connectivity index (χ1v) is 8.97.